The van der Waals surface area contributed by atoms with E-state index in [9.17, 15) is 19.0 Å². The van der Waals surface area contributed by atoms with Crippen LogP contribution in [0.2, 0.25) is 0 Å². The summed E-state index contributed by atoms with van der Waals surface area (Å²) in [6.07, 6.45) is 72.2. The lowest BCUT2D eigenvalue weighted by molar-refractivity contribution is -0.161. The molecule has 0 aromatic heterocycles. The molecule has 3 N–H and O–H groups in total. The highest BCUT2D eigenvalue weighted by atomic mass is 31.2. The first-order chi connectivity index (χ1) is 35.8. The molecule has 0 aromatic rings. The van der Waals surface area contributed by atoms with Gasteiger partial charge in [0.05, 0.1) is 13.2 Å². The average Bonchev–Trinajstić information content (AvgIpc) is 3.38. The second kappa shape index (κ2) is 59.5. The molecule has 2 unspecified atom stereocenters. The molecule has 0 saturated heterocycles. The van der Waals surface area contributed by atoms with Gasteiger partial charge in [0.1, 0.15) is 6.61 Å². The maximum absolute atomic E-state index is 12.7. The van der Waals surface area contributed by atoms with E-state index in [4.69, 9.17) is 24.3 Å². The van der Waals surface area contributed by atoms with Crippen molar-refractivity contribution in [1.29, 1.82) is 0 Å². The van der Waals surface area contributed by atoms with Crippen molar-refractivity contribution in [2.75, 3.05) is 26.4 Å². The number of hydrogen-bond acceptors (Lipinski definition) is 8. The van der Waals surface area contributed by atoms with Gasteiger partial charge in [-0.25, -0.2) is 4.57 Å². The van der Waals surface area contributed by atoms with Gasteiger partial charge in [0.15, 0.2) is 6.10 Å². The lowest BCUT2D eigenvalue weighted by Gasteiger charge is -2.19. The van der Waals surface area contributed by atoms with E-state index < -0.39 is 26.5 Å². The Labute approximate surface area is 452 Å². The van der Waals surface area contributed by atoms with Crippen LogP contribution in [0.4, 0.5) is 0 Å². The van der Waals surface area contributed by atoms with Crippen LogP contribution in [0.5, 0.6) is 0 Å². The summed E-state index contributed by atoms with van der Waals surface area (Å²) < 4.78 is 33.1. The quantitative estimate of drug-likeness (QED) is 0.0264. The standard InChI is InChI=1S/C63H120NO8P/c1-3-5-7-9-11-13-15-17-19-21-23-24-25-26-27-28-29-30-31-32-33-34-35-36-38-40-42-44-46-48-50-52-54-56-63(66)72-61(60-71-73(67,68)70-58-57-64)59-69-62(65)55-53-51-49-47-45-43-41-39-37-22-20-18-16-14-12-10-8-6-4-2/h15,17-18,20-21,23,61H,3-14,16,19,22,24-60,64H2,1-2H3,(H,67,68)/b17-15-,20-18-,23-21-. The lowest BCUT2D eigenvalue weighted by atomic mass is 10.0. The van der Waals surface area contributed by atoms with Gasteiger partial charge in [-0.15, -0.1) is 0 Å². The topological polar surface area (TPSA) is 134 Å². The van der Waals surface area contributed by atoms with Crippen LogP contribution in [0.1, 0.15) is 322 Å². The zero-order chi connectivity index (χ0) is 53.1. The number of ether oxygens (including phenoxy) is 2. The first-order valence-corrected chi connectivity index (χ1v) is 33.0. The number of carbonyl (C=O) groups excluding carboxylic acids is 2. The molecule has 0 aliphatic heterocycles. The highest BCUT2D eigenvalue weighted by Crippen LogP contribution is 2.43. The van der Waals surface area contributed by atoms with Gasteiger partial charge >= 0.3 is 19.8 Å². The lowest BCUT2D eigenvalue weighted by Crippen LogP contribution is -2.29. The zero-order valence-electron chi connectivity index (χ0n) is 48.1. The van der Waals surface area contributed by atoms with E-state index in [2.05, 4.69) is 50.3 Å². The number of nitrogens with two attached hydrogens (primary N) is 1. The normalized spacial score (nSPS) is 13.2. The second-order valence-corrected chi connectivity index (χ2v) is 22.7. The van der Waals surface area contributed by atoms with Crippen molar-refractivity contribution in [3.05, 3.63) is 36.5 Å². The summed E-state index contributed by atoms with van der Waals surface area (Å²) in [6, 6.07) is 0. The van der Waals surface area contributed by atoms with Crippen LogP contribution in [0.3, 0.4) is 0 Å². The van der Waals surface area contributed by atoms with E-state index in [1.165, 1.54) is 250 Å². The molecule has 0 spiro atoms. The second-order valence-electron chi connectivity index (χ2n) is 21.3. The van der Waals surface area contributed by atoms with Crippen LogP contribution in [-0.2, 0) is 32.7 Å². The van der Waals surface area contributed by atoms with Gasteiger partial charge in [0, 0.05) is 19.4 Å². The molecule has 0 heterocycles. The Bertz CT molecular complexity index is 1290. The molecular formula is C63H120NO8P. The number of esters is 2. The fourth-order valence-corrected chi connectivity index (χ4v) is 10.1. The smallest absolute Gasteiger partial charge is 0.462 e. The fourth-order valence-electron chi connectivity index (χ4n) is 9.31. The molecule has 0 amide bonds. The Morgan fingerprint density at radius 1 is 0.411 bits per heavy atom. The summed E-state index contributed by atoms with van der Waals surface area (Å²) in [5.41, 5.74) is 5.39. The highest BCUT2D eigenvalue weighted by Gasteiger charge is 2.26. The summed E-state index contributed by atoms with van der Waals surface area (Å²) >= 11 is 0. The van der Waals surface area contributed by atoms with Crippen molar-refractivity contribution in [3.8, 4) is 0 Å². The maximum Gasteiger partial charge on any atom is 0.472 e. The molecule has 0 radical (unpaired) electrons. The molecule has 0 fully saturated rings. The van der Waals surface area contributed by atoms with Gasteiger partial charge in [0.25, 0.3) is 0 Å². The van der Waals surface area contributed by atoms with E-state index in [-0.39, 0.29) is 38.6 Å². The number of carbonyl (C=O) groups is 2. The molecule has 0 saturated carbocycles. The number of rotatable bonds is 60. The monoisotopic (exact) mass is 1050 g/mol. The number of hydrogen-bond donors (Lipinski definition) is 2. The first kappa shape index (κ1) is 71.2. The van der Waals surface area contributed by atoms with Gasteiger partial charge in [-0.05, 0) is 70.6 Å². The molecule has 2 atom stereocenters. The average molecular weight is 1050 g/mol. The molecule has 430 valence electrons. The van der Waals surface area contributed by atoms with Gasteiger partial charge in [-0.2, -0.15) is 0 Å². The predicted molar refractivity (Wildman–Crippen MR) is 312 cm³/mol. The fraction of sp³-hybridized carbons (Fsp3) is 0.873. The number of unbranched alkanes of at least 4 members (excludes halogenated alkanes) is 41. The SMILES string of the molecule is CCCCCCC/C=C\C/C=C\CCCCCCCCCCCCCCCCCCCCCCCC(=O)OC(COC(=O)CCCCCCCCCCC/C=C\CCCCCCCC)COP(=O)(O)OCCN. The van der Waals surface area contributed by atoms with Crippen LogP contribution in [0.15, 0.2) is 36.5 Å². The Hall–Kier alpha value is -1.77. The summed E-state index contributed by atoms with van der Waals surface area (Å²) in [6.45, 7) is 3.78. The molecule has 10 heteroatoms. The summed E-state index contributed by atoms with van der Waals surface area (Å²) in [4.78, 5) is 35.2. The van der Waals surface area contributed by atoms with Gasteiger partial charge in [-0.3, -0.25) is 18.6 Å². The Balaban J connectivity index is 3.85. The van der Waals surface area contributed by atoms with Crippen molar-refractivity contribution < 1.29 is 37.6 Å². The van der Waals surface area contributed by atoms with E-state index in [1.807, 2.05) is 0 Å². The van der Waals surface area contributed by atoms with Crippen LogP contribution >= 0.6 is 7.82 Å². The minimum absolute atomic E-state index is 0.0551. The molecule has 0 aliphatic carbocycles. The van der Waals surface area contributed by atoms with Crippen molar-refractivity contribution in [2.24, 2.45) is 5.73 Å². The number of phosphoric ester groups is 1. The van der Waals surface area contributed by atoms with E-state index >= 15 is 0 Å². The van der Waals surface area contributed by atoms with Gasteiger partial charge < -0.3 is 20.1 Å². The zero-order valence-corrected chi connectivity index (χ0v) is 49.0. The van der Waals surface area contributed by atoms with Crippen LogP contribution < -0.4 is 5.73 Å². The third-order valence-corrected chi connectivity index (χ3v) is 15.0. The Kier molecular flexibility index (Phi) is 58.0. The molecule has 9 nitrogen and oxygen atoms in total. The van der Waals surface area contributed by atoms with Crippen LogP contribution in [-0.4, -0.2) is 49.3 Å². The largest absolute Gasteiger partial charge is 0.472 e. The predicted octanol–water partition coefficient (Wildman–Crippen LogP) is 20.0. The van der Waals surface area contributed by atoms with E-state index in [0.717, 1.165) is 38.5 Å². The van der Waals surface area contributed by atoms with Gasteiger partial charge in [-0.1, -0.05) is 275 Å². The maximum atomic E-state index is 12.7. The minimum Gasteiger partial charge on any atom is -0.462 e. The first-order valence-electron chi connectivity index (χ1n) is 31.5. The summed E-state index contributed by atoms with van der Waals surface area (Å²) in [5.74, 6) is -0.813. The van der Waals surface area contributed by atoms with Crippen molar-refractivity contribution >= 4 is 19.8 Å². The molecular weight excluding hydrogens is 930 g/mol. The minimum atomic E-state index is -4.39. The molecule has 0 bridgehead atoms. The van der Waals surface area contributed by atoms with Crippen molar-refractivity contribution in [3.63, 3.8) is 0 Å². The number of phosphoric acid groups is 1. The molecule has 0 aliphatic rings. The third kappa shape index (κ3) is 59.3. The molecule has 73 heavy (non-hydrogen) atoms. The van der Waals surface area contributed by atoms with Crippen molar-refractivity contribution in [1.82, 2.24) is 0 Å². The van der Waals surface area contributed by atoms with Crippen LogP contribution in [0.25, 0.3) is 0 Å². The molecule has 0 aromatic carbocycles. The summed E-state index contributed by atoms with van der Waals surface area (Å²) in [5, 5.41) is 0. The summed E-state index contributed by atoms with van der Waals surface area (Å²) in [7, 11) is -4.39. The van der Waals surface area contributed by atoms with E-state index in [0.29, 0.717) is 6.42 Å². The van der Waals surface area contributed by atoms with Crippen molar-refractivity contribution in [2.45, 2.75) is 328 Å². The third-order valence-electron chi connectivity index (χ3n) is 14.0. The molecule has 0 rings (SSSR count). The van der Waals surface area contributed by atoms with Crippen LogP contribution in [0, 0.1) is 0 Å². The Morgan fingerprint density at radius 3 is 1.05 bits per heavy atom. The highest BCUT2D eigenvalue weighted by molar-refractivity contribution is 7.47. The Morgan fingerprint density at radius 2 is 0.712 bits per heavy atom. The van der Waals surface area contributed by atoms with E-state index in [1.54, 1.807) is 0 Å². The van der Waals surface area contributed by atoms with Gasteiger partial charge in [0.2, 0.25) is 0 Å². The number of allylic oxidation sites excluding steroid dienone is 6.